The van der Waals surface area contributed by atoms with E-state index in [9.17, 15) is 0 Å². The van der Waals surface area contributed by atoms with Crippen molar-refractivity contribution in [2.45, 2.75) is 5.88 Å². The van der Waals surface area contributed by atoms with Gasteiger partial charge in [-0.25, -0.2) is 0 Å². The van der Waals surface area contributed by atoms with Gasteiger partial charge in [-0.2, -0.15) is 0 Å². The van der Waals surface area contributed by atoms with Crippen LogP contribution in [0.15, 0.2) is 36.9 Å². The molecule has 2 heterocycles. The monoisotopic (exact) mass is 234 g/mol. The van der Waals surface area contributed by atoms with Crippen LogP contribution in [0.3, 0.4) is 0 Å². The number of hydrogen-bond donors (Lipinski definition) is 0. The van der Waals surface area contributed by atoms with E-state index in [4.69, 9.17) is 16.3 Å². The fourth-order valence-corrected chi connectivity index (χ4v) is 1.83. The van der Waals surface area contributed by atoms with Crippen LogP contribution in [0.4, 0.5) is 0 Å². The second-order valence-electron chi connectivity index (χ2n) is 3.24. The number of alkyl halides is 1. The van der Waals surface area contributed by atoms with Gasteiger partial charge in [0.25, 0.3) is 0 Å². The molecule has 82 valence electrons. The van der Waals surface area contributed by atoms with Gasteiger partial charge in [-0.3, -0.25) is 9.97 Å². The number of pyridine rings is 2. The van der Waals surface area contributed by atoms with Crippen molar-refractivity contribution in [1.29, 1.82) is 0 Å². The molecule has 16 heavy (non-hydrogen) atoms. The maximum absolute atomic E-state index is 5.94. The van der Waals surface area contributed by atoms with Gasteiger partial charge in [0.15, 0.2) is 0 Å². The predicted molar refractivity (Wildman–Crippen MR) is 63.6 cm³/mol. The molecule has 3 nitrogen and oxygen atoms in total. The first kappa shape index (κ1) is 10.9. The van der Waals surface area contributed by atoms with Crippen LogP contribution in [0.1, 0.15) is 5.56 Å². The van der Waals surface area contributed by atoms with Crippen molar-refractivity contribution in [1.82, 2.24) is 9.97 Å². The molecule has 0 aliphatic rings. The molecule has 0 aliphatic carbocycles. The molecule has 0 aromatic carbocycles. The van der Waals surface area contributed by atoms with Gasteiger partial charge in [-0.15, -0.1) is 11.6 Å². The van der Waals surface area contributed by atoms with Gasteiger partial charge in [0.05, 0.1) is 19.2 Å². The third-order valence-corrected chi connectivity index (χ3v) is 2.61. The molecule has 4 heteroatoms. The Kier molecular flexibility index (Phi) is 3.37. The average molecular weight is 235 g/mol. The minimum absolute atomic E-state index is 0.385. The summed E-state index contributed by atoms with van der Waals surface area (Å²) < 4.78 is 5.23. The molecule has 0 saturated carbocycles. The lowest BCUT2D eigenvalue weighted by atomic mass is 10.0. The second-order valence-corrected chi connectivity index (χ2v) is 3.51. The summed E-state index contributed by atoms with van der Waals surface area (Å²) in [4.78, 5) is 8.21. The second kappa shape index (κ2) is 4.94. The minimum atomic E-state index is 0.385. The lowest BCUT2D eigenvalue weighted by Gasteiger charge is -2.10. The topological polar surface area (TPSA) is 35.0 Å². The maximum Gasteiger partial charge on any atom is 0.142 e. The molecule has 2 aromatic heterocycles. The standard InChI is InChI=1S/C12H11ClN2O/c1-16-12-8-15-7-11(10(12)5-13)9-3-2-4-14-6-9/h2-4,6-8H,5H2,1H3. The van der Waals surface area contributed by atoms with E-state index >= 15 is 0 Å². The third-order valence-electron chi connectivity index (χ3n) is 2.34. The Bertz CT molecular complexity index is 474. The van der Waals surface area contributed by atoms with Gasteiger partial charge < -0.3 is 4.74 Å². The first-order chi connectivity index (χ1) is 7.86. The van der Waals surface area contributed by atoms with Gasteiger partial charge in [0.2, 0.25) is 0 Å². The van der Waals surface area contributed by atoms with Crippen LogP contribution in [0, 0.1) is 0 Å². The van der Waals surface area contributed by atoms with Crippen LogP contribution in [-0.4, -0.2) is 17.1 Å². The molecule has 0 radical (unpaired) electrons. The van der Waals surface area contributed by atoms with Gasteiger partial charge >= 0.3 is 0 Å². The van der Waals surface area contributed by atoms with E-state index in [0.717, 1.165) is 16.7 Å². The number of methoxy groups -OCH3 is 1. The summed E-state index contributed by atoms with van der Waals surface area (Å²) in [7, 11) is 1.61. The predicted octanol–water partition coefficient (Wildman–Crippen LogP) is 2.89. The van der Waals surface area contributed by atoms with Crippen molar-refractivity contribution in [2.24, 2.45) is 0 Å². The zero-order valence-corrected chi connectivity index (χ0v) is 9.61. The largest absolute Gasteiger partial charge is 0.495 e. The molecule has 0 amide bonds. The fourth-order valence-electron chi connectivity index (χ4n) is 1.55. The molecule has 0 bridgehead atoms. The van der Waals surface area contributed by atoms with Crippen molar-refractivity contribution in [2.75, 3.05) is 7.11 Å². The summed E-state index contributed by atoms with van der Waals surface area (Å²) in [5.74, 6) is 1.09. The molecular weight excluding hydrogens is 224 g/mol. The normalized spacial score (nSPS) is 10.1. The molecule has 2 rings (SSSR count). The number of rotatable bonds is 3. The van der Waals surface area contributed by atoms with Crippen LogP contribution in [0.2, 0.25) is 0 Å². The number of hydrogen-bond acceptors (Lipinski definition) is 3. The number of nitrogens with zero attached hydrogens (tertiary/aromatic N) is 2. The summed E-state index contributed by atoms with van der Waals surface area (Å²) in [5.41, 5.74) is 2.89. The van der Waals surface area contributed by atoms with E-state index in [1.54, 1.807) is 31.9 Å². The molecule has 0 fully saturated rings. The van der Waals surface area contributed by atoms with E-state index < -0.39 is 0 Å². The fraction of sp³-hybridized carbons (Fsp3) is 0.167. The summed E-state index contributed by atoms with van der Waals surface area (Å²) >= 11 is 5.94. The first-order valence-corrected chi connectivity index (χ1v) is 5.37. The number of ether oxygens (including phenoxy) is 1. The Morgan fingerprint density at radius 3 is 2.75 bits per heavy atom. The van der Waals surface area contributed by atoms with Crippen LogP contribution in [-0.2, 0) is 5.88 Å². The van der Waals surface area contributed by atoms with E-state index in [-0.39, 0.29) is 0 Å². The summed E-state index contributed by atoms with van der Waals surface area (Å²) in [5, 5.41) is 0. The van der Waals surface area contributed by atoms with E-state index in [0.29, 0.717) is 11.6 Å². The molecule has 0 aliphatic heterocycles. The molecule has 0 N–H and O–H groups in total. The van der Waals surface area contributed by atoms with Crippen LogP contribution < -0.4 is 4.74 Å². The molecule has 0 atom stereocenters. The lowest BCUT2D eigenvalue weighted by molar-refractivity contribution is 0.409. The lowest BCUT2D eigenvalue weighted by Crippen LogP contribution is -1.94. The summed E-state index contributed by atoms with van der Waals surface area (Å²) in [6, 6.07) is 3.85. The maximum atomic E-state index is 5.94. The number of halogens is 1. The average Bonchev–Trinajstić information content (AvgIpc) is 2.38. The highest BCUT2D eigenvalue weighted by Gasteiger charge is 2.10. The van der Waals surface area contributed by atoms with Crippen molar-refractivity contribution < 1.29 is 4.74 Å². The number of aromatic nitrogens is 2. The van der Waals surface area contributed by atoms with E-state index in [1.807, 2.05) is 12.1 Å². The van der Waals surface area contributed by atoms with E-state index in [2.05, 4.69) is 9.97 Å². The molecule has 0 unspecified atom stereocenters. The van der Waals surface area contributed by atoms with Crippen LogP contribution in [0.5, 0.6) is 5.75 Å². The first-order valence-electron chi connectivity index (χ1n) is 4.84. The Balaban J connectivity index is 2.57. The zero-order valence-electron chi connectivity index (χ0n) is 8.85. The molecule has 0 saturated heterocycles. The zero-order chi connectivity index (χ0) is 11.4. The molecule has 0 spiro atoms. The van der Waals surface area contributed by atoms with Crippen molar-refractivity contribution in [3.8, 4) is 16.9 Å². The van der Waals surface area contributed by atoms with Gasteiger partial charge in [0, 0.05) is 35.3 Å². The quantitative estimate of drug-likeness (QED) is 0.766. The van der Waals surface area contributed by atoms with Gasteiger partial charge in [0.1, 0.15) is 5.75 Å². The highest BCUT2D eigenvalue weighted by molar-refractivity contribution is 6.17. The summed E-state index contributed by atoms with van der Waals surface area (Å²) in [6.07, 6.45) is 6.96. The Morgan fingerprint density at radius 1 is 1.25 bits per heavy atom. The smallest absolute Gasteiger partial charge is 0.142 e. The van der Waals surface area contributed by atoms with Crippen LogP contribution >= 0.6 is 11.6 Å². The third kappa shape index (κ3) is 1.99. The van der Waals surface area contributed by atoms with Gasteiger partial charge in [-0.1, -0.05) is 6.07 Å². The highest BCUT2D eigenvalue weighted by Crippen LogP contribution is 2.30. The molecular formula is C12H11ClN2O. The molecule has 2 aromatic rings. The highest BCUT2D eigenvalue weighted by atomic mass is 35.5. The Hall–Kier alpha value is -1.61. The van der Waals surface area contributed by atoms with Gasteiger partial charge in [-0.05, 0) is 6.07 Å². The van der Waals surface area contributed by atoms with E-state index in [1.165, 1.54) is 0 Å². The van der Waals surface area contributed by atoms with Crippen LogP contribution in [0.25, 0.3) is 11.1 Å². The summed E-state index contributed by atoms with van der Waals surface area (Å²) in [6.45, 7) is 0. The van der Waals surface area contributed by atoms with Crippen molar-refractivity contribution in [3.63, 3.8) is 0 Å². The minimum Gasteiger partial charge on any atom is -0.495 e. The van der Waals surface area contributed by atoms with Crippen molar-refractivity contribution >= 4 is 11.6 Å². The SMILES string of the molecule is COc1cncc(-c2cccnc2)c1CCl. The Morgan fingerprint density at radius 2 is 2.12 bits per heavy atom. The Labute approximate surface area is 99.1 Å². The van der Waals surface area contributed by atoms with Crippen molar-refractivity contribution in [3.05, 3.63) is 42.5 Å².